The van der Waals surface area contributed by atoms with Gasteiger partial charge in [0, 0.05) is 12.4 Å². The van der Waals surface area contributed by atoms with E-state index in [4.69, 9.17) is 9.84 Å². The van der Waals surface area contributed by atoms with Crippen LogP contribution >= 0.6 is 0 Å². The number of rotatable bonds is 5. The maximum absolute atomic E-state index is 12.1. The van der Waals surface area contributed by atoms with E-state index in [1.165, 1.54) is 43.9 Å². The minimum atomic E-state index is -1.04. The second kappa shape index (κ2) is 6.47. The summed E-state index contributed by atoms with van der Waals surface area (Å²) in [5.74, 6) is -1.03. The van der Waals surface area contributed by atoms with Gasteiger partial charge in [0.15, 0.2) is 0 Å². The molecule has 0 saturated carbocycles. The van der Waals surface area contributed by atoms with E-state index in [1.54, 1.807) is 0 Å². The van der Waals surface area contributed by atoms with E-state index in [9.17, 15) is 9.59 Å². The van der Waals surface area contributed by atoms with Crippen molar-refractivity contribution in [3.8, 4) is 5.75 Å². The molecule has 108 valence electrons. The SMILES string of the molecule is COc1cnccc1C(=O)NCc1cc(C(=O)O)ccn1. The Morgan fingerprint density at radius 3 is 2.86 bits per heavy atom. The first kappa shape index (κ1) is 14.4. The molecule has 2 N–H and O–H groups in total. The van der Waals surface area contributed by atoms with Crippen molar-refractivity contribution >= 4 is 11.9 Å². The molecule has 0 spiro atoms. The van der Waals surface area contributed by atoms with Crippen LogP contribution in [0.3, 0.4) is 0 Å². The largest absolute Gasteiger partial charge is 0.494 e. The Morgan fingerprint density at radius 2 is 2.14 bits per heavy atom. The number of aromatic carboxylic acids is 1. The number of carboxylic acid groups (broad SMARTS) is 1. The number of aromatic nitrogens is 2. The molecule has 21 heavy (non-hydrogen) atoms. The highest BCUT2D eigenvalue weighted by molar-refractivity contribution is 5.96. The van der Waals surface area contributed by atoms with Crippen molar-refractivity contribution in [3.05, 3.63) is 53.6 Å². The van der Waals surface area contributed by atoms with E-state index in [0.29, 0.717) is 17.0 Å². The summed E-state index contributed by atoms with van der Waals surface area (Å²) in [4.78, 5) is 30.8. The average molecular weight is 287 g/mol. The third kappa shape index (κ3) is 3.53. The summed E-state index contributed by atoms with van der Waals surface area (Å²) in [5, 5.41) is 11.5. The molecule has 0 bridgehead atoms. The maximum atomic E-state index is 12.1. The molecule has 0 atom stereocenters. The van der Waals surface area contributed by atoms with Gasteiger partial charge >= 0.3 is 5.97 Å². The molecule has 0 aliphatic heterocycles. The van der Waals surface area contributed by atoms with Gasteiger partial charge in [-0.15, -0.1) is 0 Å². The van der Waals surface area contributed by atoms with Gasteiger partial charge in [-0.3, -0.25) is 14.8 Å². The van der Waals surface area contributed by atoms with Gasteiger partial charge in [-0.05, 0) is 18.2 Å². The molecule has 0 aromatic carbocycles. The van der Waals surface area contributed by atoms with Crippen LogP contribution in [0.1, 0.15) is 26.4 Å². The molecule has 2 heterocycles. The fraction of sp³-hybridized carbons (Fsp3) is 0.143. The fourth-order valence-corrected chi connectivity index (χ4v) is 1.70. The Kier molecular flexibility index (Phi) is 4.45. The molecular formula is C14H13N3O4. The molecule has 0 unspecified atom stereocenters. The Bertz CT molecular complexity index is 673. The number of hydrogen-bond acceptors (Lipinski definition) is 5. The van der Waals surface area contributed by atoms with Crippen molar-refractivity contribution in [2.45, 2.75) is 6.54 Å². The van der Waals surface area contributed by atoms with Crippen LogP contribution in [0.5, 0.6) is 5.75 Å². The molecule has 2 rings (SSSR count). The minimum Gasteiger partial charge on any atom is -0.494 e. The normalized spacial score (nSPS) is 9.95. The van der Waals surface area contributed by atoms with Gasteiger partial charge in [0.2, 0.25) is 0 Å². The molecule has 1 amide bonds. The number of hydrogen-bond donors (Lipinski definition) is 2. The predicted octanol–water partition coefficient (Wildman–Crippen LogP) is 1.11. The first-order valence-electron chi connectivity index (χ1n) is 6.06. The van der Waals surface area contributed by atoms with Gasteiger partial charge in [-0.1, -0.05) is 0 Å². The average Bonchev–Trinajstić information content (AvgIpc) is 2.52. The summed E-state index contributed by atoms with van der Waals surface area (Å²) in [6.45, 7) is 0.116. The first-order valence-corrected chi connectivity index (χ1v) is 6.06. The quantitative estimate of drug-likeness (QED) is 0.854. The van der Waals surface area contributed by atoms with Crippen molar-refractivity contribution in [2.24, 2.45) is 0 Å². The lowest BCUT2D eigenvalue weighted by molar-refractivity contribution is 0.0696. The van der Waals surface area contributed by atoms with E-state index in [0.717, 1.165) is 0 Å². The van der Waals surface area contributed by atoms with E-state index in [-0.39, 0.29) is 18.0 Å². The summed E-state index contributed by atoms with van der Waals surface area (Å²) < 4.78 is 5.05. The number of amides is 1. The van der Waals surface area contributed by atoms with E-state index >= 15 is 0 Å². The van der Waals surface area contributed by atoms with Crippen LogP contribution in [0.15, 0.2) is 36.8 Å². The number of ether oxygens (including phenoxy) is 1. The molecule has 7 heteroatoms. The smallest absolute Gasteiger partial charge is 0.335 e. The topological polar surface area (TPSA) is 101 Å². The second-order valence-corrected chi connectivity index (χ2v) is 4.10. The van der Waals surface area contributed by atoms with Crippen LogP contribution in [0.25, 0.3) is 0 Å². The summed E-state index contributed by atoms with van der Waals surface area (Å²) >= 11 is 0. The zero-order valence-electron chi connectivity index (χ0n) is 11.2. The molecule has 2 aromatic rings. The molecule has 0 saturated heterocycles. The van der Waals surface area contributed by atoms with Crippen molar-refractivity contribution in [1.29, 1.82) is 0 Å². The van der Waals surface area contributed by atoms with Gasteiger partial charge in [0.05, 0.1) is 36.7 Å². The van der Waals surface area contributed by atoms with Crippen LogP contribution in [-0.2, 0) is 6.54 Å². The van der Waals surface area contributed by atoms with Crippen LogP contribution in [0, 0.1) is 0 Å². The monoisotopic (exact) mass is 287 g/mol. The molecular weight excluding hydrogens is 274 g/mol. The second-order valence-electron chi connectivity index (χ2n) is 4.10. The standard InChI is InChI=1S/C14H13N3O4/c1-21-12-8-15-4-3-11(12)13(18)17-7-10-6-9(14(19)20)2-5-16-10/h2-6,8H,7H2,1H3,(H,17,18)(H,19,20). The summed E-state index contributed by atoms with van der Waals surface area (Å²) in [7, 11) is 1.45. The highest BCUT2D eigenvalue weighted by Crippen LogP contribution is 2.15. The van der Waals surface area contributed by atoms with Crippen molar-refractivity contribution < 1.29 is 19.4 Å². The van der Waals surface area contributed by atoms with Gasteiger partial charge in [0.1, 0.15) is 5.75 Å². The summed E-state index contributed by atoms with van der Waals surface area (Å²) in [5.41, 5.74) is 0.925. The van der Waals surface area contributed by atoms with Crippen LogP contribution in [0.4, 0.5) is 0 Å². The number of nitrogens with zero attached hydrogens (tertiary/aromatic N) is 2. The Morgan fingerprint density at radius 1 is 1.33 bits per heavy atom. The lowest BCUT2D eigenvalue weighted by Crippen LogP contribution is -2.24. The lowest BCUT2D eigenvalue weighted by atomic mass is 10.2. The van der Waals surface area contributed by atoms with Gasteiger partial charge in [0.25, 0.3) is 5.91 Å². The Labute approximate surface area is 120 Å². The van der Waals surface area contributed by atoms with Gasteiger partial charge in [-0.25, -0.2) is 4.79 Å². The number of pyridine rings is 2. The lowest BCUT2D eigenvalue weighted by Gasteiger charge is -2.08. The van der Waals surface area contributed by atoms with Gasteiger partial charge in [-0.2, -0.15) is 0 Å². The summed E-state index contributed by atoms with van der Waals surface area (Å²) in [6, 6.07) is 4.33. The number of carbonyl (C=O) groups is 2. The molecule has 0 aliphatic carbocycles. The third-order valence-electron chi connectivity index (χ3n) is 2.74. The minimum absolute atomic E-state index is 0.116. The summed E-state index contributed by atoms with van der Waals surface area (Å²) in [6.07, 6.45) is 4.32. The third-order valence-corrected chi connectivity index (χ3v) is 2.74. The van der Waals surface area contributed by atoms with Crippen molar-refractivity contribution in [3.63, 3.8) is 0 Å². The molecule has 0 radical (unpaired) electrons. The Balaban J connectivity index is 2.07. The Hall–Kier alpha value is -2.96. The van der Waals surface area contributed by atoms with Crippen molar-refractivity contribution in [2.75, 3.05) is 7.11 Å². The van der Waals surface area contributed by atoms with Crippen molar-refractivity contribution in [1.82, 2.24) is 15.3 Å². The maximum Gasteiger partial charge on any atom is 0.335 e. The van der Waals surface area contributed by atoms with E-state index in [2.05, 4.69) is 15.3 Å². The van der Waals surface area contributed by atoms with Crippen LogP contribution in [-0.4, -0.2) is 34.1 Å². The van der Waals surface area contributed by atoms with E-state index in [1.807, 2.05) is 0 Å². The predicted molar refractivity (Wildman–Crippen MR) is 73.2 cm³/mol. The van der Waals surface area contributed by atoms with Crippen LogP contribution in [0.2, 0.25) is 0 Å². The fourth-order valence-electron chi connectivity index (χ4n) is 1.70. The van der Waals surface area contributed by atoms with E-state index < -0.39 is 5.97 Å². The number of methoxy groups -OCH3 is 1. The number of carbonyl (C=O) groups excluding carboxylic acids is 1. The van der Waals surface area contributed by atoms with Gasteiger partial charge < -0.3 is 15.2 Å². The molecule has 7 nitrogen and oxygen atoms in total. The molecule has 2 aromatic heterocycles. The molecule has 0 aliphatic rings. The highest BCUT2D eigenvalue weighted by Gasteiger charge is 2.12. The zero-order valence-corrected chi connectivity index (χ0v) is 11.2. The first-order chi connectivity index (χ1) is 10.1. The molecule has 0 fully saturated rings. The highest BCUT2D eigenvalue weighted by atomic mass is 16.5. The number of nitrogens with one attached hydrogen (secondary N) is 1. The number of carboxylic acids is 1. The van der Waals surface area contributed by atoms with Crippen LogP contribution < -0.4 is 10.1 Å². The zero-order chi connectivity index (χ0) is 15.2.